The first-order valence-corrected chi connectivity index (χ1v) is 12.7. The fourth-order valence-corrected chi connectivity index (χ4v) is 6.41. The lowest BCUT2D eigenvalue weighted by Crippen LogP contribution is -2.58. The minimum absolute atomic E-state index is 0.00125. The van der Waals surface area contributed by atoms with Crippen LogP contribution >= 0.6 is 0 Å². The van der Waals surface area contributed by atoms with Gasteiger partial charge in [-0.15, -0.1) is 0 Å². The van der Waals surface area contributed by atoms with Crippen LogP contribution in [0.4, 0.5) is 0 Å². The minimum Gasteiger partial charge on any atom is -0.396 e. The Morgan fingerprint density at radius 3 is 2.49 bits per heavy atom. The van der Waals surface area contributed by atoms with Crippen molar-refractivity contribution in [3.05, 3.63) is 35.9 Å². The van der Waals surface area contributed by atoms with Crippen molar-refractivity contribution in [2.75, 3.05) is 13.2 Å². The number of aliphatic hydroxyl groups is 1. The van der Waals surface area contributed by atoms with Gasteiger partial charge in [0, 0.05) is 25.2 Å². The zero-order valence-electron chi connectivity index (χ0n) is 21.5. The number of likely N-dealkylation sites (tertiary alicyclic amines) is 1. The lowest BCUT2D eigenvalue weighted by Gasteiger charge is -2.37. The molecule has 3 N–H and O–H groups in total. The lowest BCUT2D eigenvalue weighted by atomic mass is 9.62. The summed E-state index contributed by atoms with van der Waals surface area (Å²) in [6.45, 7) is 10.4. The van der Waals surface area contributed by atoms with Gasteiger partial charge in [0.05, 0.1) is 17.4 Å². The Bertz CT molecular complexity index is 977. The van der Waals surface area contributed by atoms with Crippen molar-refractivity contribution < 1.29 is 24.2 Å². The standard InChI is InChI=1S/C27H39N3O5/c1-17-15-27-20(19(26(17,5)35-27)22(32)28-16-18-11-7-6-8-12-18)24(34)30(13-9-10-14-31)21(27)23(33)29-25(2,3)4/h6-8,11-12,17,19-21,31H,9-10,13-16H2,1-5H3,(H,28,32)(H,29,33)/t17?,19-,20+,21?,26+,27?/m1/s1. The van der Waals surface area contributed by atoms with Crippen LogP contribution in [0.15, 0.2) is 30.3 Å². The van der Waals surface area contributed by atoms with E-state index in [4.69, 9.17) is 4.74 Å². The van der Waals surface area contributed by atoms with Crippen molar-refractivity contribution in [1.82, 2.24) is 15.5 Å². The number of fused-ring (bicyclic) bond motifs is 1. The highest BCUT2D eigenvalue weighted by Crippen LogP contribution is 2.65. The molecule has 8 heteroatoms. The number of hydrogen-bond acceptors (Lipinski definition) is 5. The molecule has 0 radical (unpaired) electrons. The highest BCUT2D eigenvalue weighted by molar-refractivity contribution is 5.99. The van der Waals surface area contributed by atoms with E-state index in [1.54, 1.807) is 4.90 Å². The second kappa shape index (κ2) is 9.21. The third-order valence-electron chi connectivity index (χ3n) is 7.96. The molecule has 3 aliphatic rings. The van der Waals surface area contributed by atoms with E-state index in [2.05, 4.69) is 10.6 Å². The van der Waals surface area contributed by atoms with Crippen LogP contribution in [0, 0.1) is 17.8 Å². The predicted molar refractivity (Wildman–Crippen MR) is 131 cm³/mol. The fourth-order valence-electron chi connectivity index (χ4n) is 6.41. The third-order valence-corrected chi connectivity index (χ3v) is 7.96. The van der Waals surface area contributed by atoms with Gasteiger partial charge in [0.1, 0.15) is 11.6 Å². The van der Waals surface area contributed by atoms with Gasteiger partial charge < -0.3 is 25.4 Å². The number of hydrogen-bond donors (Lipinski definition) is 3. The number of carbonyl (C=O) groups excluding carboxylic acids is 3. The maximum absolute atomic E-state index is 13.9. The van der Waals surface area contributed by atoms with E-state index in [9.17, 15) is 19.5 Å². The Labute approximate surface area is 207 Å². The number of amides is 3. The molecule has 6 atom stereocenters. The molecular formula is C27H39N3O5. The van der Waals surface area contributed by atoms with Crippen molar-refractivity contribution in [3.8, 4) is 0 Å². The van der Waals surface area contributed by atoms with E-state index in [0.29, 0.717) is 32.4 Å². The number of benzene rings is 1. The summed E-state index contributed by atoms with van der Waals surface area (Å²) in [6, 6.07) is 8.84. The number of unbranched alkanes of at least 4 members (excludes halogenated alkanes) is 1. The van der Waals surface area contributed by atoms with Crippen LogP contribution in [-0.4, -0.2) is 63.7 Å². The summed E-state index contributed by atoms with van der Waals surface area (Å²) in [5.74, 6) is -2.07. The first kappa shape index (κ1) is 25.6. The predicted octanol–water partition coefficient (Wildman–Crippen LogP) is 2.00. The summed E-state index contributed by atoms with van der Waals surface area (Å²) in [7, 11) is 0. The Morgan fingerprint density at radius 2 is 1.86 bits per heavy atom. The summed E-state index contributed by atoms with van der Waals surface area (Å²) in [5, 5.41) is 15.4. The van der Waals surface area contributed by atoms with Crippen LogP contribution in [0.25, 0.3) is 0 Å². The molecule has 1 aromatic rings. The molecule has 2 bridgehead atoms. The van der Waals surface area contributed by atoms with E-state index >= 15 is 0 Å². The van der Waals surface area contributed by atoms with Gasteiger partial charge >= 0.3 is 0 Å². The van der Waals surface area contributed by atoms with Crippen LogP contribution in [0.1, 0.15) is 59.4 Å². The van der Waals surface area contributed by atoms with Crippen molar-refractivity contribution in [1.29, 1.82) is 0 Å². The highest BCUT2D eigenvalue weighted by atomic mass is 16.5. The van der Waals surface area contributed by atoms with Crippen LogP contribution in [-0.2, 0) is 25.7 Å². The molecular weight excluding hydrogens is 446 g/mol. The monoisotopic (exact) mass is 485 g/mol. The maximum Gasteiger partial charge on any atom is 0.246 e. The molecule has 3 aliphatic heterocycles. The van der Waals surface area contributed by atoms with Crippen LogP contribution < -0.4 is 10.6 Å². The average molecular weight is 486 g/mol. The highest BCUT2D eigenvalue weighted by Gasteiger charge is 2.79. The zero-order valence-corrected chi connectivity index (χ0v) is 21.5. The van der Waals surface area contributed by atoms with Crippen molar-refractivity contribution >= 4 is 17.7 Å². The molecule has 3 fully saturated rings. The van der Waals surface area contributed by atoms with Crippen LogP contribution in [0.3, 0.4) is 0 Å². The number of carbonyl (C=O) groups is 3. The molecule has 1 aromatic carbocycles. The Hall–Kier alpha value is -2.45. The quantitative estimate of drug-likeness (QED) is 0.488. The summed E-state index contributed by atoms with van der Waals surface area (Å²) < 4.78 is 6.69. The number of rotatable bonds is 8. The molecule has 0 aliphatic carbocycles. The Balaban J connectivity index is 1.67. The molecule has 3 saturated heterocycles. The van der Waals surface area contributed by atoms with E-state index in [1.165, 1.54) is 0 Å². The van der Waals surface area contributed by atoms with Crippen LogP contribution in [0.5, 0.6) is 0 Å². The number of aliphatic hydroxyl groups excluding tert-OH is 1. The van der Waals surface area contributed by atoms with Gasteiger partial charge in [-0.2, -0.15) is 0 Å². The third kappa shape index (κ3) is 4.35. The van der Waals surface area contributed by atoms with Gasteiger partial charge in [0.2, 0.25) is 17.7 Å². The Kier molecular flexibility index (Phi) is 6.74. The summed E-state index contributed by atoms with van der Waals surface area (Å²) in [6.07, 6.45) is 1.65. The lowest BCUT2D eigenvalue weighted by molar-refractivity contribution is -0.148. The molecule has 35 heavy (non-hydrogen) atoms. The van der Waals surface area contributed by atoms with Gasteiger partial charge in [0.25, 0.3) is 0 Å². The fraction of sp³-hybridized carbons (Fsp3) is 0.667. The van der Waals surface area contributed by atoms with Gasteiger partial charge in [-0.05, 0) is 58.4 Å². The van der Waals surface area contributed by atoms with Crippen molar-refractivity contribution in [2.24, 2.45) is 17.8 Å². The molecule has 3 heterocycles. The van der Waals surface area contributed by atoms with Crippen molar-refractivity contribution in [3.63, 3.8) is 0 Å². The largest absolute Gasteiger partial charge is 0.396 e. The molecule has 8 nitrogen and oxygen atoms in total. The second-order valence-electron chi connectivity index (χ2n) is 11.6. The van der Waals surface area contributed by atoms with E-state index in [0.717, 1.165) is 5.56 Å². The number of ether oxygens (including phenoxy) is 1. The minimum atomic E-state index is -1.05. The first-order chi connectivity index (χ1) is 16.4. The Morgan fingerprint density at radius 1 is 1.17 bits per heavy atom. The van der Waals surface area contributed by atoms with E-state index in [1.807, 2.05) is 65.0 Å². The normalized spacial score (nSPS) is 33.7. The SMILES string of the molecule is CC1CC23O[C@]1(C)[C@@H](C(=O)NCc1ccccc1)[C@H]2C(=O)N(CCCCO)C3C(=O)NC(C)(C)C. The maximum atomic E-state index is 13.9. The summed E-state index contributed by atoms with van der Waals surface area (Å²) in [5.41, 5.74) is -1.39. The van der Waals surface area contributed by atoms with Crippen LogP contribution in [0.2, 0.25) is 0 Å². The van der Waals surface area contributed by atoms with E-state index in [-0.39, 0.29) is 30.2 Å². The van der Waals surface area contributed by atoms with Gasteiger partial charge in [0.15, 0.2) is 0 Å². The van der Waals surface area contributed by atoms with Gasteiger partial charge in [-0.25, -0.2) is 0 Å². The first-order valence-electron chi connectivity index (χ1n) is 12.7. The molecule has 1 spiro atoms. The number of nitrogens with zero attached hydrogens (tertiary/aromatic N) is 1. The molecule has 0 aromatic heterocycles. The van der Waals surface area contributed by atoms with Gasteiger partial charge in [-0.3, -0.25) is 14.4 Å². The molecule has 3 unspecified atom stereocenters. The van der Waals surface area contributed by atoms with Crippen molar-refractivity contribution in [2.45, 2.75) is 83.2 Å². The summed E-state index contributed by atoms with van der Waals surface area (Å²) >= 11 is 0. The van der Waals surface area contributed by atoms with E-state index < -0.39 is 34.6 Å². The topological polar surface area (TPSA) is 108 Å². The molecule has 4 rings (SSSR count). The number of nitrogens with one attached hydrogen (secondary N) is 2. The molecule has 0 saturated carbocycles. The average Bonchev–Trinajstić information content (AvgIpc) is 3.29. The summed E-state index contributed by atoms with van der Waals surface area (Å²) in [4.78, 5) is 42.8. The molecule has 192 valence electrons. The smallest absolute Gasteiger partial charge is 0.246 e. The molecule has 3 amide bonds. The second-order valence-corrected chi connectivity index (χ2v) is 11.6. The zero-order chi connectivity index (χ0) is 25.6. The van der Waals surface area contributed by atoms with Gasteiger partial charge in [-0.1, -0.05) is 37.3 Å².